The highest BCUT2D eigenvalue weighted by Gasteiger charge is 2.14. The van der Waals surface area contributed by atoms with Gasteiger partial charge < -0.3 is 15.8 Å². The number of anilines is 2. The molecule has 0 saturated heterocycles. The van der Waals surface area contributed by atoms with E-state index in [0.29, 0.717) is 10.6 Å². The zero-order chi connectivity index (χ0) is 12.0. The fourth-order valence-corrected chi connectivity index (χ4v) is 3.11. The van der Waals surface area contributed by atoms with Gasteiger partial charge in [-0.25, -0.2) is 0 Å². The Kier molecular flexibility index (Phi) is 5.46. The minimum Gasteiger partial charge on any atom is -0.396 e. The molecule has 1 rings (SSSR count). The number of ether oxygens (including phenoxy) is 1. The van der Waals surface area contributed by atoms with Gasteiger partial charge in [-0.3, -0.25) is 0 Å². The first-order valence-corrected chi connectivity index (χ1v) is 6.87. The molecule has 0 atom stereocenters. The van der Waals surface area contributed by atoms with Gasteiger partial charge in [0.15, 0.2) is 0 Å². The Morgan fingerprint density at radius 1 is 1.62 bits per heavy atom. The van der Waals surface area contributed by atoms with Crippen molar-refractivity contribution < 1.29 is 4.74 Å². The molecule has 0 aromatic carbocycles. The first kappa shape index (κ1) is 13.2. The lowest BCUT2D eigenvalue weighted by molar-refractivity contribution is 0.198. The predicted molar refractivity (Wildman–Crippen MR) is 70.2 cm³/mol. The Hall–Kier alpha value is -0.900. The molecule has 0 bridgehead atoms. The number of methoxy groups -OCH3 is 1. The first-order chi connectivity index (χ1) is 7.74. The minimum atomic E-state index is 0.582. The molecule has 3 N–H and O–H groups in total. The summed E-state index contributed by atoms with van der Waals surface area (Å²) in [6.07, 6.45) is 2.89. The molecule has 0 spiro atoms. The van der Waals surface area contributed by atoms with Crippen molar-refractivity contribution in [2.75, 3.05) is 37.6 Å². The highest BCUT2D eigenvalue weighted by atomic mass is 32.2. The van der Waals surface area contributed by atoms with Crippen LogP contribution in [0.5, 0.6) is 0 Å². The van der Waals surface area contributed by atoms with E-state index in [0.717, 1.165) is 29.5 Å². The third-order valence-electron chi connectivity index (χ3n) is 2.02. The molecule has 0 unspecified atom stereocenters. The molecule has 0 radical (unpaired) electrons. The number of rotatable bonds is 6. The van der Waals surface area contributed by atoms with Crippen LogP contribution in [0.1, 0.15) is 11.3 Å². The van der Waals surface area contributed by atoms with Gasteiger partial charge in [0.1, 0.15) is 15.9 Å². The highest BCUT2D eigenvalue weighted by Crippen LogP contribution is 2.41. The molecule has 6 heteroatoms. The van der Waals surface area contributed by atoms with E-state index >= 15 is 0 Å². The van der Waals surface area contributed by atoms with E-state index in [4.69, 9.17) is 15.7 Å². The summed E-state index contributed by atoms with van der Waals surface area (Å²) in [4.78, 5) is 1.55. The normalized spacial score (nSPS) is 10.1. The summed E-state index contributed by atoms with van der Waals surface area (Å²) in [6, 6.07) is 2.11. The highest BCUT2D eigenvalue weighted by molar-refractivity contribution is 7.99. The maximum Gasteiger partial charge on any atom is 0.131 e. The number of thiophene rings is 1. The topological polar surface area (TPSA) is 71.1 Å². The minimum absolute atomic E-state index is 0.582. The summed E-state index contributed by atoms with van der Waals surface area (Å²) in [5, 5.41) is 13.1. The van der Waals surface area contributed by atoms with E-state index in [1.165, 1.54) is 11.3 Å². The molecule has 1 heterocycles. The molecule has 0 aliphatic rings. The summed E-state index contributed by atoms with van der Waals surface area (Å²) in [5.41, 5.74) is 6.45. The first-order valence-electron chi connectivity index (χ1n) is 4.83. The van der Waals surface area contributed by atoms with Gasteiger partial charge in [-0.1, -0.05) is 0 Å². The molecule has 88 valence electrons. The van der Waals surface area contributed by atoms with Crippen molar-refractivity contribution in [2.45, 2.75) is 11.3 Å². The molecule has 1 aromatic rings. The summed E-state index contributed by atoms with van der Waals surface area (Å²) in [7, 11) is 1.68. The largest absolute Gasteiger partial charge is 0.396 e. The summed E-state index contributed by atoms with van der Waals surface area (Å²) in [5.74, 6) is 0. The van der Waals surface area contributed by atoms with Gasteiger partial charge in [-0.15, -0.1) is 23.1 Å². The molecule has 1 aromatic heterocycles. The molecule has 0 aliphatic carbocycles. The Morgan fingerprint density at radius 3 is 2.94 bits per heavy atom. The zero-order valence-corrected chi connectivity index (χ0v) is 11.0. The van der Waals surface area contributed by atoms with Crippen LogP contribution in [-0.2, 0) is 4.74 Å². The van der Waals surface area contributed by atoms with Crippen LogP contribution >= 0.6 is 23.1 Å². The van der Waals surface area contributed by atoms with Gasteiger partial charge in [-0.05, 0) is 12.7 Å². The second kappa shape index (κ2) is 6.63. The lowest BCUT2D eigenvalue weighted by Gasteiger charge is -2.05. The molecule has 0 aliphatic heterocycles. The van der Waals surface area contributed by atoms with Crippen LogP contribution in [0.15, 0.2) is 4.90 Å². The van der Waals surface area contributed by atoms with Crippen LogP contribution in [0, 0.1) is 11.3 Å². The van der Waals surface area contributed by atoms with E-state index in [9.17, 15) is 0 Å². The fraction of sp³-hybridized carbons (Fsp3) is 0.500. The van der Waals surface area contributed by atoms with Gasteiger partial charge in [0, 0.05) is 20.3 Å². The second-order valence-corrected chi connectivity index (χ2v) is 4.93. The molecule has 16 heavy (non-hydrogen) atoms. The number of nitrogens with two attached hydrogens (primary N) is 1. The van der Waals surface area contributed by atoms with Gasteiger partial charge in [0.25, 0.3) is 0 Å². The van der Waals surface area contributed by atoms with Crippen LogP contribution in [0.2, 0.25) is 0 Å². The SMILES string of the molecule is COCCCNc1sc(C#N)c(N)c1SC. The van der Waals surface area contributed by atoms with Crippen molar-refractivity contribution in [3.8, 4) is 6.07 Å². The second-order valence-electron chi connectivity index (χ2n) is 3.09. The van der Waals surface area contributed by atoms with E-state index in [1.807, 2.05) is 6.26 Å². The van der Waals surface area contributed by atoms with Crippen LogP contribution in [-0.4, -0.2) is 26.5 Å². The monoisotopic (exact) mass is 257 g/mol. The van der Waals surface area contributed by atoms with Gasteiger partial charge >= 0.3 is 0 Å². The summed E-state index contributed by atoms with van der Waals surface area (Å²) >= 11 is 2.97. The lowest BCUT2D eigenvalue weighted by Crippen LogP contribution is -2.04. The Labute approximate surface area is 104 Å². The molecule has 0 amide bonds. The van der Waals surface area contributed by atoms with Crippen molar-refractivity contribution >= 4 is 33.8 Å². The van der Waals surface area contributed by atoms with Crippen molar-refractivity contribution in [2.24, 2.45) is 0 Å². The molecule has 0 saturated carbocycles. The summed E-state index contributed by atoms with van der Waals surface area (Å²) < 4.78 is 4.97. The van der Waals surface area contributed by atoms with Crippen LogP contribution in [0.3, 0.4) is 0 Å². The van der Waals surface area contributed by atoms with E-state index < -0.39 is 0 Å². The quantitative estimate of drug-likeness (QED) is 0.605. The van der Waals surface area contributed by atoms with Gasteiger partial charge in [0.05, 0.1) is 10.6 Å². The molecular weight excluding hydrogens is 242 g/mol. The third kappa shape index (κ3) is 3.04. The Bertz CT molecular complexity index is 384. The molecule has 4 nitrogen and oxygen atoms in total. The number of hydrogen-bond donors (Lipinski definition) is 2. The van der Waals surface area contributed by atoms with Gasteiger partial charge in [0.2, 0.25) is 0 Å². The van der Waals surface area contributed by atoms with E-state index in [1.54, 1.807) is 18.9 Å². The van der Waals surface area contributed by atoms with Crippen LogP contribution < -0.4 is 11.1 Å². The van der Waals surface area contributed by atoms with Crippen molar-refractivity contribution in [1.29, 1.82) is 5.26 Å². The number of nitrogen functional groups attached to an aromatic ring is 1. The number of nitriles is 1. The van der Waals surface area contributed by atoms with Crippen molar-refractivity contribution in [3.05, 3.63) is 4.88 Å². The summed E-state index contributed by atoms with van der Waals surface area (Å²) in [6.45, 7) is 1.56. The smallest absolute Gasteiger partial charge is 0.131 e. The Balaban J connectivity index is 2.68. The standard InChI is InChI=1S/C10H15N3OS2/c1-14-5-3-4-13-10-9(15-2)8(12)7(6-11)16-10/h13H,3-5,12H2,1-2H3. The maximum atomic E-state index is 8.88. The average Bonchev–Trinajstić information content (AvgIpc) is 2.60. The van der Waals surface area contributed by atoms with Crippen molar-refractivity contribution in [1.82, 2.24) is 0 Å². The molecular formula is C10H15N3OS2. The number of thioether (sulfide) groups is 1. The van der Waals surface area contributed by atoms with Crippen LogP contribution in [0.25, 0.3) is 0 Å². The zero-order valence-electron chi connectivity index (χ0n) is 9.37. The van der Waals surface area contributed by atoms with Crippen LogP contribution in [0.4, 0.5) is 10.7 Å². The predicted octanol–water partition coefficient (Wildman–Crippen LogP) is 2.37. The van der Waals surface area contributed by atoms with E-state index in [-0.39, 0.29) is 0 Å². The van der Waals surface area contributed by atoms with Gasteiger partial charge in [-0.2, -0.15) is 5.26 Å². The van der Waals surface area contributed by atoms with Crippen molar-refractivity contribution in [3.63, 3.8) is 0 Å². The number of nitrogens with zero attached hydrogens (tertiary/aromatic N) is 1. The fourth-order valence-electron chi connectivity index (χ4n) is 1.25. The number of hydrogen-bond acceptors (Lipinski definition) is 6. The lowest BCUT2D eigenvalue weighted by atomic mass is 10.4. The average molecular weight is 257 g/mol. The molecule has 0 fully saturated rings. The van der Waals surface area contributed by atoms with E-state index in [2.05, 4.69) is 11.4 Å². The third-order valence-corrected chi connectivity index (χ3v) is 4.05. The Morgan fingerprint density at radius 2 is 2.38 bits per heavy atom. The number of nitrogens with one attached hydrogen (secondary N) is 1. The maximum absolute atomic E-state index is 8.88.